The highest BCUT2D eigenvalue weighted by Crippen LogP contribution is 2.27. The number of hydrogen-bond acceptors (Lipinski definition) is 2. The van der Waals surface area contributed by atoms with Gasteiger partial charge >= 0.3 is 0 Å². The first-order chi connectivity index (χ1) is 8.59. The van der Waals surface area contributed by atoms with Gasteiger partial charge < -0.3 is 0 Å². The molecule has 3 nitrogen and oxygen atoms in total. The summed E-state index contributed by atoms with van der Waals surface area (Å²) in [6.45, 7) is 1.98. The quantitative estimate of drug-likeness (QED) is 0.911. The average Bonchev–Trinajstić information content (AvgIpc) is 2.40. The van der Waals surface area contributed by atoms with Crippen LogP contribution in [0.5, 0.6) is 0 Å². The Balaban J connectivity index is 2.04. The van der Waals surface area contributed by atoms with Crippen molar-refractivity contribution >= 4 is 10.0 Å². The Morgan fingerprint density at radius 2 is 1.72 bits per heavy atom. The Morgan fingerprint density at radius 1 is 1.11 bits per heavy atom. The molecule has 1 N–H and O–H groups in total. The van der Waals surface area contributed by atoms with Crippen molar-refractivity contribution in [1.29, 1.82) is 0 Å². The van der Waals surface area contributed by atoms with Gasteiger partial charge in [0.15, 0.2) is 0 Å². The van der Waals surface area contributed by atoms with Crippen LogP contribution in [0.15, 0.2) is 35.2 Å². The summed E-state index contributed by atoms with van der Waals surface area (Å²) >= 11 is 0. The van der Waals surface area contributed by atoms with Crippen molar-refractivity contribution in [3.63, 3.8) is 0 Å². The Bertz CT molecular complexity index is 464. The van der Waals surface area contributed by atoms with Crippen LogP contribution < -0.4 is 4.72 Å². The summed E-state index contributed by atoms with van der Waals surface area (Å²) in [6, 6.07) is 8.62. The minimum absolute atomic E-state index is 0.0236. The third-order valence-electron chi connectivity index (χ3n) is 3.75. The molecule has 0 saturated heterocycles. The maximum atomic E-state index is 12.2. The first-order valence-corrected chi connectivity index (χ1v) is 8.15. The molecule has 100 valence electrons. The van der Waals surface area contributed by atoms with E-state index in [1.807, 2.05) is 13.0 Å². The molecule has 0 radical (unpaired) electrons. The van der Waals surface area contributed by atoms with Crippen LogP contribution in [0.1, 0.15) is 39.0 Å². The van der Waals surface area contributed by atoms with E-state index in [4.69, 9.17) is 0 Å². The third kappa shape index (κ3) is 3.33. The SMILES string of the molecule is C[C@H](NS(=O)(=O)c1ccccc1)C1CCCCC1. The molecule has 0 amide bonds. The maximum absolute atomic E-state index is 12.2. The van der Waals surface area contributed by atoms with Crippen LogP contribution in [0.25, 0.3) is 0 Å². The maximum Gasteiger partial charge on any atom is 0.240 e. The van der Waals surface area contributed by atoms with Crippen LogP contribution in [0, 0.1) is 5.92 Å². The van der Waals surface area contributed by atoms with Crippen molar-refractivity contribution in [2.45, 2.75) is 50.0 Å². The Morgan fingerprint density at radius 3 is 2.33 bits per heavy atom. The summed E-state index contributed by atoms with van der Waals surface area (Å²) in [7, 11) is -3.36. The van der Waals surface area contributed by atoms with Gasteiger partial charge in [-0.3, -0.25) is 0 Å². The topological polar surface area (TPSA) is 46.2 Å². The molecule has 18 heavy (non-hydrogen) atoms. The van der Waals surface area contributed by atoms with E-state index in [0.717, 1.165) is 12.8 Å². The van der Waals surface area contributed by atoms with E-state index in [2.05, 4.69) is 4.72 Å². The highest BCUT2D eigenvalue weighted by molar-refractivity contribution is 7.89. The number of hydrogen-bond donors (Lipinski definition) is 1. The summed E-state index contributed by atoms with van der Waals surface area (Å²) in [5.74, 6) is 0.484. The van der Waals surface area contributed by atoms with E-state index in [0.29, 0.717) is 10.8 Å². The normalized spacial score (nSPS) is 19.6. The summed E-state index contributed by atoms with van der Waals surface area (Å²) in [4.78, 5) is 0.354. The lowest BCUT2D eigenvalue weighted by Gasteiger charge is -2.28. The summed E-state index contributed by atoms with van der Waals surface area (Å²) in [5, 5.41) is 0. The predicted molar refractivity (Wildman–Crippen MR) is 72.8 cm³/mol. The molecule has 0 aromatic heterocycles. The zero-order valence-corrected chi connectivity index (χ0v) is 11.6. The monoisotopic (exact) mass is 267 g/mol. The second kappa shape index (κ2) is 5.85. The van der Waals surface area contributed by atoms with Gasteiger partial charge in [-0.2, -0.15) is 0 Å². The Hall–Kier alpha value is -0.870. The van der Waals surface area contributed by atoms with Crippen LogP contribution in [0.2, 0.25) is 0 Å². The molecule has 4 heteroatoms. The largest absolute Gasteiger partial charge is 0.240 e. The smallest absolute Gasteiger partial charge is 0.208 e. The van der Waals surface area contributed by atoms with Crippen LogP contribution >= 0.6 is 0 Å². The summed E-state index contributed by atoms with van der Waals surface area (Å²) in [6.07, 6.45) is 6.01. The molecule has 1 aliphatic carbocycles. The molecule has 1 fully saturated rings. The molecule has 0 unspecified atom stereocenters. The second-order valence-corrected chi connectivity index (χ2v) is 6.84. The average molecular weight is 267 g/mol. The van der Waals surface area contributed by atoms with E-state index in [1.54, 1.807) is 24.3 Å². The predicted octanol–water partition coefficient (Wildman–Crippen LogP) is 2.93. The Labute approximate surface area is 110 Å². The number of sulfonamides is 1. The van der Waals surface area contributed by atoms with E-state index in [9.17, 15) is 8.42 Å². The van der Waals surface area contributed by atoms with E-state index in [-0.39, 0.29) is 6.04 Å². The molecule has 0 bridgehead atoms. The van der Waals surface area contributed by atoms with Gasteiger partial charge in [0.1, 0.15) is 0 Å². The molecular formula is C14H21NO2S. The number of rotatable bonds is 4. The van der Waals surface area contributed by atoms with Crippen molar-refractivity contribution in [3.05, 3.63) is 30.3 Å². The standard InChI is InChI=1S/C14H21NO2S/c1-12(13-8-4-2-5-9-13)15-18(16,17)14-10-6-3-7-11-14/h3,6-7,10-13,15H,2,4-5,8-9H2,1H3/t12-/m0/s1. The van der Waals surface area contributed by atoms with Gasteiger partial charge in [0.05, 0.1) is 4.90 Å². The molecular weight excluding hydrogens is 246 g/mol. The van der Waals surface area contributed by atoms with Crippen LogP contribution in [0.3, 0.4) is 0 Å². The van der Waals surface area contributed by atoms with E-state index < -0.39 is 10.0 Å². The van der Waals surface area contributed by atoms with Crippen molar-refractivity contribution in [2.75, 3.05) is 0 Å². The molecule has 1 saturated carbocycles. The molecule has 0 heterocycles. The van der Waals surface area contributed by atoms with Gasteiger partial charge in [0.25, 0.3) is 0 Å². The molecule has 1 aromatic rings. The van der Waals surface area contributed by atoms with Gasteiger partial charge in [0.2, 0.25) is 10.0 Å². The number of nitrogens with one attached hydrogen (secondary N) is 1. The van der Waals surface area contributed by atoms with E-state index >= 15 is 0 Å². The van der Waals surface area contributed by atoms with Crippen molar-refractivity contribution in [2.24, 2.45) is 5.92 Å². The fourth-order valence-electron chi connectivity index (χ4n) is 2.64. The molecule has 0 aliphatic heterocycles. The lowest BCUT2D eigenvalue weighted by atomic mass is 9.85. The molecule has 1 aromatic carbocycles. The van der Waals surface area contributed by atoms with Crippen molar-refractivity contribution in [1.82, 2.24) is 4.72 Å². The summed E-state index contributed by atoms with van der Waals surface area (Å²) < 4.78 is 27.2. The zero-order chi connectivity index (χ0) is 13.0. The van der Waals surface area contributed by atoms with Crippen molar-refractivity contribution < 1.29 is 8.42 Å². The molecule has 1 aliphatic rings. The molecule has 1 atom stereocenters. The van der Waals surface area contributed by atoms with Gasteiger partial charge in [-0.1, -0.05) is 37.5 Å². The highest BCUT2D eigenvalue weighted by atomic mass is 32.2. The lowest BCUT2D eigenvalue weighted by Crippen LogP contribution is -2.38. The fourth-order valence-corrected chi connectivity index (χ4v) is 3.98. The first kappa shape index (κ1) is 13.6. The van der Waals surface area contributed by atoms with Crippen molar-refractivity contribution in [3.8, 4) is 0 Å². The zero-order valence-electron chi connectivity index (χ0n) is 10.8. The van der Waals surface area contributed by atoms with Gasteiger partial charge in [-0.25, -0.2) is 13.1 Å². The minimum Gasteiger partial charge on any atom is -0.208 e. The second-order valence-electron chi connectivity index (χ2n) is 5.12. The third-order valence-corrected chi connectivity index (χ3v) is 5.33. The lowest BCUT2D eigenvalue weighted by molar-refractivity contribution is 0.303. The van der Waals surface area contributed by atoms with Gasteiger partial charge in [0, 0.05) is 6.04 Å². The van der Waals surface area contributed by atoms with Gasteiger partial charge in [-0.15, -0.1) is 0 Å². The Kier molecular flexibility index (Phi) is 4.40. The highest BCUT2D eigenvalue weighted by Gasteiger charge is 2.24. The fraction of sp³-hybridized carbons (Fsp3) is 0.571. The molecule has 2 rings (SSSR count). The summed E-state index contributed by atoms with van der Waals surface area (Å²) in [5.41, 5.74) is 0. The minimum atomic E-state index is -3.36. The molecule has 0 spiro atoms. The first-order valence-electron chi connectivity index (χ1n) is 6.67. The number of benzene rings is 1. The van der Waals surface area contributed by atoms with Crippen LogP contribution in [-0.4, -0.2) is 14.5 Å². The van der Waals surface area contributed by atoms with Gasteiger partial charge in [-0.05, 0) is 37.8 Å². The van der Waals surface area contributed by atoms with E-state index in [1.165, 1.54) is 19.3 Å². The van der Waals surface area contributed by atoms with Crippen LogP contribution in [0.4, 0.5) is 0 Å². The van der Waals surface area contributed by atoms with Crippen LogP contribution in [-0.2, 0) is 10.0 Å².